The molecule has 0 unspecified atom stereocenters. The van der Waals surface area contributed by atoms with Crippen molar-refractivity contribution in [3.05, 3.63) is 77.2 Å². The molecule has 5 rings (SSSR count). The first-order valence-electron chi connectivity index (χ1n) is 8.60. The summed E-state index contributed by atoms with van der Waals surface area (Å²) in [5, 5.41) is 20.3. The number of aromatic nitrogens is 2. The minimum Gasteiger partial charge on any atom is -0.388 e. The predicted octanol–water partition coefficient (Wildman–Crippen LogP) is 3.62. The van der Waals surface area contributed by atoms with Crippen molar-refractivity contribution in [1.29, 1.82) is 5.26 Å². The van der Waals surface area contributed by atoms with Crippen LogP contribution in [0.1, 0.15) is 40.8 Å². The molecule has 3 aromatic rings. The first-order chi connectivity index (χ1) is 12.3. The van der Waals surface area contributed by atoms with Crippen LogP contribution in [0.5, 0.6) is 0 Å². The molecule has 0 bridgehead atoms. The van der Waals surface area contributed by atoms with Crippen LogP contribution in [0.4, 0.5) is 0 Å². The van der Waals surface area contributed by atoms with Crippen LogP contribution in [0.3, 0.4) is 0 Å². The number of benzene rings is 2. The topological polar surface area (TPSA) is 61.8 Å². The average molecular weight is 327 g/mol. The fourth-order valence-corrected chi connectivity index (χ4v) is 4.52. The maximum absolute atomic E-state index is 11.1. The van der Waals surface area contributed by atoms with E-state index in [1.807, 2.05) is 36.8 Å². The van der Waals surface area contributed by atoms with Gasteiger partial charge in [0, 0.05) is 11.5 Å². The molecule has 4 heteroatoms. The van der Waals surface area contributed by atoms with Gasteiger partial charge in [0.1, 0.15) is 0 Å². The summed E-state index contributed by atoms with van der Waals surface area (Å²) in [4.78, 5) is 4.32. The Morgan fingerprint density at radius 3 is 2.92 bits per heavy atom. The maximum Gasteiger partial charge on any atom is 0.0991 e. The van der Waals surface area contributed by atoms with E-state index < -0.39 is 6.10 Å². The summed E-state index contributed by atoms with van der Waals surface area (Å²) in [5.41, 5.74) is 6.23. The van der Waals surface area contributed by atoms with Gasteiger partial charge in [-0.2, -0.15) is 5.26 Å². The Bertz CT molecular complexity index is 1010. The molecule has 1 N–H and O–H groups in total. The molecule has 0 saturated carbocycles. The second-order valence-corrected chi connectivity index (χ2v) is 6.89. The van der Waals surface area contributed by atoms with Gasteiger partial charge in [0.05, 0.1) is 42.0 Å². The number of rotatable bonds is 1. The number of aliphatic hydroxyl groups is 1. The molecule has 1 aromatic heterocycles. The van der Waals surface area contributed by atoms with E-state index in [9.17, 15) is 10.4 Å². The molecule has 2 aromatic carbocycles. The maximum atomic E-state index is 11.1. The summed E-state index contributed by atoms with van der Waals surface area (Å²) >= 11 is 0. The smallest absolute Gasteiger partial charge is 0.0991 e. The van der Waals surface area contributed by atoms with Gasteiger partial charge >= 0.3 is 0 Å². The molecular weight excluding hydrogens is 310 g/mol. The van der Waals surface area contributed by atoms with E-state index in [4.69, 9.17) is 0 Å². The molecule has 0 radical (unpaired) electrons. The summed E-state index contributed by atoms with van der Waals surface area (Å²) in [6.07, 6.45) is 5.02. The third-order valence-corrected chi connectivity index (χ3v) is 5.67. The van der Waals surface area contributed by atoms with Crippen LogP contribution in [0, 0.1) is 17.2 Å². The first kappa shape index (κ1) is 14.4. The van der Waals surface area contributed by atoms with Gasteiger partial charge in [-0.05, 0) is 41.7 Å². The zero-order valence-corrected chi connectivity index (χ0v) is 13.6. The van der Waals surface area contributed by atoms with Gasteiger partial charge in [-0.3, -0.25) is 0 Å². The Labute approximate surface area is 146 Å². The van der Waals surface area contributed by atoms with E-state index in [0.29, 0.717) is 5.56 Å². The SMILES string of the molecule is N#Cc1ccc2c(c1)[C@@H](O)[C@H]([C@@H]1c3ccccc3-c3cncn31)CC2. The Balaban J connectivity index is 1.62. The third-order valence-electron chi connectivity index (χ3n) is 5.67. The van der Waals surface area contributed by atoms with E-state index in [1.165, 1.54) is 11.1 Å². The van der Waals surface area contributed by atoms with Gasteiger partial charge in [0.25, 0.3) is 0 Å². The second kappa shape index (κ2) is 5.30. The number of aryl methyl sites for hydroxylation is 1. The fraction of sp³-hybridized carbons (Fsp3) is 0.238. The number of hydrogen-bond donors (Lipinski definition) is 1. The summed E-state index contributed by atoms with van der Waals surface area (Å²) in [7, 11) is 0. The molecule has 0 fully saturated rings. The van der Waals surface area contributed by atoms with Crippen molar-refractivity contribution >= 4 is 0 Å². The van der Waals surface area contributed by atoms with Gasteiger partial charge in [-0.25, -0.2) is 4.98 Å². The van der Waals surface area contributed by atoms with E-state index in [0.717, 1.165) is 29.7 Å². The van der Waals surface area contributed by atoms with E-state index >= 15 is 0 Å². The predicted molar refractivity (Wildman–Crippen MR) is 93.7 cm³/mol. The number of hydrogen-bond acceptors (Lipinski definition) is 3. The molecule has 3 atom stereocenters. The van der Waals surface area contributed by atoms with E-state index in [2.05, 4.69) is 33.8 Å². The molecule has 25 heavy (non-hydrogen) atoms. The van der Waals surface area contributed by atoms with E-state index in [1.54, 1.807) is 0 Å². The van der Waals surface area contributed by atoms with Crippen molar-refractivity contribution in [2.24, 2.45) is 5.92 Å². The minimum absolute atomic E-state index is 0.0676. The first-order valence-corrected chi connectivity index (χ1v) is 8.60. The highest BCUT2D eigenvalue weighted by Crippen LogP contribution is 2.49. The van der Waals surface area contributed by atoms with Crippen LogP contribution in [-0.4, -0.2) is 14.7 Å². The Kier molecular flexibility index (Phi) is 3.06. The van der Waals surface area contributed by atoms with Crippen molar-refractivity contribution in [3.8, 4) is 17.3 Å². The summed E-state index contributed by atoms with van der Waals surface area (Å²) in [6.45, 7) is 0. The van der Waals surface area contributed by atoms with Crippen LogP contribution in [0.2, 0.25) is 0 Å². The van der Waals surface area contributed by atoms with Crippen LogP contribution < -0.4 is 0 Å². The zero-order chi connectivity index (χ0) is 17.0. The molecule has 0 saturated heterocycles. The Hall–Kier alpha value is -2.90. The van der Waals surface area contributed by atoms with Gasteiger partial charge in [-0.15, -0.1) is 0 Å². The Morgan fingerprint density at radius 1 is 1.16 bits per heavy atom. The van der Waals surface area contributed by atoms with Gasteiger partial charge in [0.15, 0.2) is 0 Å². The lowest BCUT2D eigenvalue weighted by Gasteiger charge is -2.35. The molecule has 2 heterocycles. The summed E-state index contributed by atoms with van der Waals surface area (Å²) in [5.74, 6) is 0.0676. The quantitative estimate of drug-likeness (QED) is 0.742. The molecule has 4 nitrogen and oxygen atoms in total. The Morgan fingerprint density at radius 2 is 2.04 bits per heavy atom. The number of aliphatic hydroxyl groups excluding tert-OH is 1. The lowest BCUT2D eigenvalue weighted by Crippen LogP contribution is -2.28. The van der Waals surface area contributed by atoms with E-state index in [-0.39, 0.29) is 12.0 Å². The largest absolute Gasteiger partial charge is 0.388 e. The van der Waals surface area contributed by atoms with Crippen molar-refractivity contribution in [2.45, 2.75) is 25.0 Å². The zero-order valence-electron chi connectivity index (χ0n) is 13.6. The standard InChI is InChI=1S/C21H17N3O/c22-10-13-5-6-14-7-8-17(21(25)18(14)9-13)20-16-4-2-1-3-15(16)19-11-23-12-24(19)20/h1-6,9,11-12,17,20-21,25H,7-8H2/t17-,20-,21-/m0/s1. The number of nitriles is 1. The van der Waals surface area contributed by atoms with Gasteiger partial charge < -0.3 is 9.67 Å². The summed E-state index contributed by atoms with van der Waals surface area (Å²) < 4.78 is 2.19. The van der Waals surface area contributed by atoms with Crippen LogP contribution in [-0.2, 0) is 6.42 Å². The van der Waals surface area contributed by atoms with Crippen molar-refractivity contribution < 1.29 is 5.11 Å². The van der Waals surface area contributed by atoms with Gasteiger partial charge in [0.2, 0.25) is 0 Å². The highest BCUT2D eigenvalue weighted by Gasteiger charge is 2.40. The highest BCUT2D eigenvalue weighted by molar-refractivity contribution is 5.69. The molecule has 1 aliphatic heterocycles. The fourth-order valence-electron chi connectivity index (χ4n) is 4.52. The van der Waals surface area contributed by atoms with Gasteiger partial charge in [-0.1, -0.05) is 30.3 Å². The molecule has 2 aliphatic rings. The lowest BCUT2D eigenvalue weighted by atomic mass is 9.75. The number of imidazole rings is 1. The normalized spacial score (nSPS) is 23.4. The molecule has 0 spiro atoms. The minimum atomic E-state index is -0.580. The lowest BCUT2D eigenvalue weighted by molar-refractivity contribution is 0.0720. The molecule has 122 valence electrons. The van der Waals surface area contributed by atoms with Crippen LogP contribution in [0.15, 0.2) is 55.0 Å². The van der Waals surface area contributed by atoms with Crippen molar-refractivity contribution in [3.63, 3.8) is 0 Å². The second-order valence-electron chi connectivity index (χ2n) is 6.89. The monoisotopic (exact) mass is 327 g/mol. The average Bonchev–Trinajstić information content (AvgIpc) is 3.23. The summed E-state index contributed by atoms with van der Waals surface area (Å²) in [6, 6.07) is 16.3. The number of fused-ring (bicyclic) bond motifs is 4. The van der Waals surface area contributed by atoms with Crippen LogP contribution >= 0.6 is 0 Å². The van der Waals surface area contributed by atoms with Crippen molar-refractivity contribution in [2.75, 3.05) is 0 Å². The van der Waals surface area contributed by atoms with Crippen LogP contribution in [0.25, 0.3) is 11.3 Å². The highest BCUT2D eigenvalue weighted by atomic mass is 16.3. The van der Waals surface area contributed by atoms with Crippen molar-refractivity contribution in [1.82, 2.24) is 9.55 Å². The third kappa shape index (κ3) is 2.00. The molecule has 1 aliphatic carbocycles. The number of nitrogens with zero attached hydrogens (tertiary/aromatic N) is 3. The molecule has 0 amide bonds. The molecular formula is C21H17N3O.